The molecule has 1 N–H and O–H groups in total. The van der Waals surface area contributed by atoms with Crippen molar-refractivity contribution < 1.29 is 23.1 Å². The van der Waals surface area contributed by atoms with Crippen LogP contribution in [0.1, 0.15) is 13.3 Å². The second-order valence-corrected chi connectivity index (χ2v) is 7.49. The third-order valence-electron chi connectivity index (χ3n) is 4.30. The molecule has 2 aliphatic heterocycles. The summed E-state index contributed by atoms with van der Waals surface area (Å²) in [6, 6.07) is 2.33. The number of anilines is 2. The molecule has 6 nitrogen and oxygen atoms in total. The molecule has 1 aromatic rings. The van der Waals surface area contributed by atoms with Crippen molar-refractivity contribution in [1.29, 1.82) is 0 Å². The first-order valence-corrected chi connectivity index (χ1v) is 9.65. The number of benzene rings is 1. The molecule has 0 bridgehead atoms. The van der Waals surface area contributed by atoms with E-state index in [0.717, 1.165) is 17.9 Å². The van der Waals surface area contributed by atoms with Crippen LogP contribution < -0.4 is 15.1 Å². The molecule has 1 atom stereocenters. The number of rotatable bonds is 4. The van der Waals surface area contributed by atoms with Gasteiger partial charge >= 0.3 is 6.09 Å². The Kier molecular flexibility index (Phi) is 5.85. The van der Waals surface area contributed by atoms with E-state index in [2.05, 4.69) is 5.32 Å². The van der Waals surface area contributed by atoms with Crippen LogP contribution >= 0.6 is 11.8 Å². The first-order valence-electron chi connectivity index (χ1n) is 8.50. The second kappa shape index (κ2) is 8.11. The molecule has 142 valence electrons. The van der Waals surface area contributed by atoms with Crippen molar-refractivity contribution in [3.8, 4) is 0 Å². The fourth-order valence-electron chi connectivity index (χ4n) is 3.08. The predicted molar refractivity (Wildman–Crippen MR) is 96.8 cm³/mol. The summed E-state index contributed by atoms with van der Waals surface area (Å²) in [6.45, 7) is 2.83. The molecule has 2 amide bonds. The first-order chi connectivity index (χ1) is 12.5. The summed E-state index contributed by atoms with van der Waals surface area (Å²) in [5.74, 6) is 0.184. The van der Waals surface area contributed by atoms with Gasteiger partial charge in [0, 0.05) is 37.9 Å². The molecule has 26 heavy (non-hydrogen) atoms. The van der Waals surface area contributed by atoms with Crippen LogP contribution in [0.3, 0.4) is 0 Å². The number of halogens is 2. The molecule has 0 aliphatic carbocycles. The number of cyclic esters (lactones) is 1. The maximum absolute atomic E-state index is 14.6. The lowest BCUT2D eigenvalue weighted by Gasteiger charge is -2.24. The SMILES string of the molecule is CC(=O)NC[C@H]1CN(c2cc(F)c(N3CCCSCC3)c(F)c2)C(=O)O1. The van der Waals surface area contributed by atoms with Crippen molar-refractivity contribution in [2.45, 2.75) is 19.4 Å². The van der Waals surface area contributed by atoms with E-state index in [1.54, 1.807) is 16.7 Å². The lowest BCUT2D eigenvalue weighted by Crippen LogP contribution is -2.33. The maximum atomic E-state index is 14.6. The molecule has 0 radical (unpaired) electrons. The third-order valence-corrected chi connectivity index (χ3v) is 5.35. The minimum atomic E-state index is -0.690. The molecule has 0 spiro atoms. The van der Waals surface area contributed by atoms with Gasteiger partial charge in [-0.2, -0.15) is 11.8 Å². The molecular weight excluding hydrogens is 364 g/mol. The van der Waals surface area contributed by atoms with Gasteiger partial charge in [-0.05, 0) is 12.2 Å². The van der Waals surface area contributed by atoms with Crippen molar-refractivity contribution in [1.82, 2.24) is 5.32 Å². The largest absolute Gasteiger partial charge is 0.442 e. The standard InChI is InChI=1S/C17H21F2N3O3S/c1-11(23)20-9-13-10-22(17(24)25-13)12-7-14(18)16(15(19)8-12)21-3-2-5-26-6-4-21/h7-8,13H,2-6,9-10H2,1H3,(H,20,23)/t13-/m0/s1. The molecule has 0 aromatic heterocycles. The molecule has 2 saturated heterocycles. The van der Waals surface area contributed by atoms with Crippen LogP contribution in [0.4, 0.5) is 25.0 Å². The fraction of sp³-hybridized carbons (Fsp3) is 0.529. The average Bonchev–Trinajstić information content (AvgIpc) is 2.77. The number of carbonyl (C=O) groups excluding carboxylic acids is 2. The number of hydrogen-bond donors (Lipinski definition) is 1. The van der Waals surface area contributed by atoms with E-state index in [-0.39, 0.29) is 30.4 Å². The quantitative estimate of drug-likeness (QED) is 0.862. The van der Waals surface area contributed by atoms with Gasteiger partial charge in [0.2, 0.25) is 5.91 Å². The highest BCUT2D eigenvalue weighted by Crippen LogP contribution is 2.32. The third kappa shape index (κ3) is 4.20. The van der Waals surface area contributed by atoms with E-state index in [1.807, 2.05) is 0 Å². The van der Waals surface area contributed by atoms with Crippen LogP contribution in [0.5, 0.6) is 0 Å². The van der Waals surface area contributed by atoms with Gasteiger partial charge in [-0.25, -0.2) is 13.6 Å². The lowest BCUT2D eigenvalue weighted by atomic mass is 10.2. The molecule has 1 aromatic carbocycles. The highest BCUT2D eigenvalue weighted by atomic mass is 32.2. The Bertz CT molecular complexity index is 673. The van der Waals surface area contributed by atoms with Crippen LogP contribution in [0, 0.1) is 11.6 Å². The zero-order valence-electron chi connectivity index (χ0n) is 14.5. The van der Waals surface area contributed by atoms with Gasteiger partial charge in [0.25, 0.3) is 0 Å². The smallest absolute Gasteiger partial charge is 0.414 e. The summed E-state index contributed by atoms with van der Waals surface area (Å²) in [6.07, 6.45) is -0.368. The molecule has 0 saturated carbocycles. The summed E-state index contributed by atoms with van der Waals surface area (Å²) in [5.41, 5.74) is 0.0712. The Hall–Kier alpha value is -2.03. The van der Waals surface area contributed by atoms with E-state index >= 15 is 0 Å². The number of nitrogens with one attached hydrogen (secondary N) is 1. The number of ether oxygens (including phenoxy) is 1. The van der Waals surface area contributed by atoms with Gasteiger partial charge in [0.15, 0.2) is 11.6 Å². The van der Waals surface area contributed by atoms with Crippen LogP contribution in [0.25, 0.3) is 0 Å². The Morgan fingerprint density at radius 1 is 1.31 bits per heavy atom. The van der Waals surface area contributed by atoms with Gasteiger partial charge in [0.1, 0.15) is 11.8 Å². The van der Waals surface area contributed by atoms with E-state index in [1.165, 1.54) is 24.0 Å². The topological polar surface area (TPSA) is 61.9 Å². The highest BCUT2D eigenvalue weighted by Gasteiger charge is 2.33. The average molecular weight is 385 g/mol. The summed E-state index contributed by atoms with van der Waals surface area (Å²) < 4.78 is 34.4. The minimum Gasteiger partial charge on any atom is -0.442 e. The van der Waals surface area contributed by atoms with E-state index in [9.17, 15) is 18.4 Å². The van der Waals surface area contributed by atoms with E-state index < -0.39 is 23.8 Å². The summed E-state index contributed by atoms with van der Waals surface area (Å²) in [7, 11) is 0. The molecule has 2 aliphatic rings. The monoisotopic (exact) mass is 385 g/mol. The van der Waals surface area contributed by atoms with Crippen molar-refractivity contribution in [3.05, 3.63) is 23.8 Å². The molecule has 2 fully saturated rings. The predicted octanol–water partition coefficient (Wildman–Crippen LogP) is 2.37. The summed E-state index contributed by atoms with van der Waals surface area (Å²) >= 11 is 1.77. The zero-order valence-corrected chi connectivity index (χ0v) is 15.3. The molecule has 2 heterocycles. The van der Waals surface area contributed by atoms with Gasteiger partial charge in [0.05, 0.1) is 18.8 Å². The molecular formula is C17H21F2N3O3S. The van der Waals surface area contributed by atoms with Crippen molar-refractivity contribution >= 4 is 35.1 Å². The summed E-state index contributed by atoms with van der Waals surface area (Å²) in [4.78, 5) is 25.9. The van der Waals surface area contributed by atoms with Crippen LogP contribution in [0.15, 0.2) is 12.1 Å². The van der Waals surface area contributed by atoms with Crippen molar-refractivity contribution in [3.63, 3.8) is 0 Å². The Morgan fingerprint density at radius 3 is 2.73 bits per heavy atom. The molecule has 9 heteroatoms. The lowest BCUT2D eigenvalue weighted by molar-refractivity contribution is -0.119. The van der Waals surface area contributed by atoms with Crippen LogP contribution in [0.2, 0.25) is 0 Å². The minimum absolute atomic E-state index is 0.0430. The molecule has 0 unspecified atom stereocenters. The van der Waals surface area contributed by atoms with Gasteiger partial charge in [-0.15, -0.1) is 0 Å². The number of amides is 2. The van der Waals surface area contributed by atoms with Gasteiger partial charge in [-0.1, -0.05) is 0 Å². The van der Waals surface area contributed by atoms with Crippen LogP contribution in [-0.2, 0) is 9.53 Å². The van der Waals surface area contributed by atoms with Crippen molar-refractivity contribution in [2.75, 3.05) is 47.5 Å². The van der Waals surface area contributed by atoms with Crippen LogP contribution in [-0.4, -0.2) is 55.8 Å². The maximum Gasteiger partial charge on any atom is 0.414 e. The first kappa shape index (κ1) is 18.8. The normalized spacial score (nSPS) is 20.7. The number of thioether (sulfide) groups is 1. The van der Waals surface area contributed by atoms with E-state index in [0.29, 0.717) is 13.1 Å². The zero-order chi connectivity index (χ0) is 18.7. The van der Waals surface area contributed by atoms with Gasteiger partial charge < -0.3 is 15.0 Å². The Labute approximate surface area is 154 Å². The number of carbonyl (C=O) groups is 2. The number of nitrogens with zero attached hydrogens (tertiary/aromatic N) is 2. The highest BCUT2D eigenvalue weighted by molar-refractivity contribution is 7.99. The van der Waals surface area contributed by atoms with Crippen molar-refractivity contribution in [2.24, 2.45) is 0 Å². The Balaban J connectivity index is 1.77. The second-order valence-electron chi connectivity index (χ2n) is 6.26. The Morgan fingerprint density at radius 2 is 2.04 bits per heavy atom. The fourth-order valence-corrected chi connectivity index (χ4v) is 3.96. The van der Waals surface area contributed by atoms with E-state index in [4.69, 9.17) is 4.74 Å². The molecule has 3 rings (SSSR count). The number of hydrogen-bond acceptors (Lipinski definition) is 5. The summed E-state index contributed by atoms with van der Waals surface area (Å²) in [5, 5.41) is 2.56. The van der Waals surface area contributed by atoms with Gasteiger partial charge in [-0.3, -0.25) is 9.69 Å².